The van der Waals surface area contributed by atoms with Crippen LogP contribution in [0.3, 0.4) is 0 Å². The quantitative estimate of drug-likeness (QED) is 0.819. The van der Waals surface area contributed by atoms with Gasteiger partial charge in [-0.15, -0.1) is 0 Å². The van der Waals surface area contributed by atoms with Crippen molar-refractivity contribution in [3.8, 4) is 0 Å². The molecule has 1 saturated heterocycles. The van der Waals surface area contributed by atoms with Gasteiger partial charge in [-0.1, -0.05) is 13.0 Å². The summed E-state index contributed by atoms with van der Waals surface area (Å²) in [7, 11) is -4.00. The van der Waals surface area contributed by atoms with E-state index < -0.39 is 26.7 Å². The molecule has 0 aliphatic carbocycles. The van der Waals surface area contributed by atoms with Crippen molar-refractivity contribution in [3.05, 3.63) is 29.6 Å². The van der Waals surface area contributed by atoms with Gasteiger partial charge in [-0.2, -0.15) is 4.31 Å². The van der Waals surface area contributed by atoms with E-state index in [1.54, 1.807) is 0 Å². The van der Waals surface area contributed by atoms with Gasteiger partial charge in [0.25, 0.3) is 0 Å². The average molecular weight is 300 g/mol. The van der Waals surface area contributed by atoms with Crippen molar-refractivity contribution in [1.82, 2.24) is 4.31 Å². The Bertz CT molecular complexity index is 621. The van der Waals surface area contributed by atoms with Crippen LogP contribution in [0, 0.1) is 11.7 Å². The van der Waals surface area contributed by atoms with Gasteiger partial charge < -0.3 is 9.90 Å². The lowest BCUT2D eigenvalue weighted by Gasteiger charge is -2.29. The zero-order valence-corrected chi connectivity index (χ0v) is 11.8. The summed E-state index contributed by atoms with van der Waals surface area (Å²) >= 11 is 0. The second-order valence-corrected chi connectivity index (χ2v) is 6.93. The summed E-state index contributed by atoms with van der Waals surface area (Å²) in [4.78, 5) is 10.2. The van der Waals surface area contributed by atoms with E-state index >= 15 is 0 Å². The highest BCUT2D eigenvalue weighted by molar-refractivity contribution is 7.89. The predicted molar refractivity (Wildman–Crippen MR) is 67.9 cm³/mol. The van der Waals surface area contributed by atoms with E-state index in [9.17, 15) is 22.7 Å². The first-order chi connectivity index (χ1) is 9.32. The molecule has 0 aromatic heterocycles. The maximum atomic E-state index is 13.7. The molecule has 20 heavy (non-hydrogen) atoms. The van der Waals surface area contributed by atoms with Crippen LogP contribution in [0.2, 0.25) is 0 Å². The summed E-state index contributed by atoms with van der Waals surface area (Å²) < 4.78 is 39.7. The van der Waals surface area contributed by atoms with Crippen molar-refractivity contribution >= 4 is 16.0 Å². The zero-order valence-electron chi connectivity index (χ0n) is 11.0. The Morgan fingerprint density at radius 2 is 1.95 bits per heavy atom. The Morgan fingerprint density at radius 3 is 2.50 bits per heavy atom. The molecular formula is C13H15FNO4S-. The van der Waals surface area contributed by atoms with Gasteiger partial charge in [-0.25, -0.2) is 12.8 Å². The topological polar surface area (TPSA) is 77.5 Å². The number of carbonyl (C=O) groups excluding carboxylic acids is 1. The van der Waals surface area contributed by atoms with Crippen molar-refractivity contribution in [1.29, 1.82) is 0 Å². The molecule has 5 nitrogen and oxygen atoms in total. The van der Waals surface area contributed by atoms with Crippen molar-refractivity contribution in [2.45, 2.75) is 24.7 Å². The lowest BCUT2D eigenvalue weighted by Crippen LogP contribution is -2.38. The van der Waals surface area contributed by atoms with Gasteiger partial charge in [0.15, 0.2) is 0 Å². The van der Waals surface area contributed by atoms with Gasteiger partial charge in [0, 0.05) is 13.1 Å². The lowest BCUT2D eigenvalue weighted by molar-refractivity contribution is -0.255. The van der Waals surface area contributed by atoms with Crippen LogP contribution in [-0.4, -0.2) is 31.8 Å². The molecule has 1 aliphatic rings. The first kappa shape index (κ1) is 14.9. The molecule has 1 aromatic carbocycles. The van der Waals surface area contributed by atoms with E-state index in [2.05, 4.69) is 0 Å². The third-order valence-corrected chi connectivity index (χ3v) is 5.44. The molecule has 0 radical (unpaired) electrons. The van der Waals surface area contributed by atoms with Crippen LogP contribution in [0.1, 0.15) is 30.1 Å². The molecule has 2 rings (SSSR count). The van der Waals surface area contributed by atoms with Gasteiger partial charge in [0.1, 0.15) is 10.7 Å². The van der Waals surface area contributed by atoms with Gasteiger partial charge in [0.2, 0.25) is 10.0 Å². The molecule has 0 spiro atoms. The first-order valence-corrected chi connectivity index (χ1v) is 7.77. The van der Waals surface area contributed by atoms with Crippen molar-refractivity contribution in [2.75, 3.05) is 13.1 Å². The minimum atomic E-state index is -4.00. The van der Waals surface area contributed by atoms with Gasteiger partial charge in [-0.3, -0.25) is 0 Å². The molecular weight excluding hydrogens is 285 g/mol. The van der Waals surface area contributed by atoms with E-state index in [0.717, 1.165) is 18.2 Å². The summed E-state index contributed by atoms with van der Waals surface area (Å²) in [5.41, 5.74) is -0.352. The van der Waals surface area contributed by atoms with E-state index in [0.29, 0.717) is 31.8 Å². The Kier molecular flexibility index (Phi) is 4.10. The van der Waals surface area contributed by atoms with Crippen molar-refractivity contribution in [2.24, 2.45) is 5.92 Å². The molecule has 1 aliphatic heterocycles. The number of hydrogen-bond donors (Lipinski definition) is 0. The number of halogens is 1. The summed E-state index contributed by atoms with van der Waals surface area (Å²) in [5.74, 6) is -2.05. The van der Waals surface area contributed by atoms with Crippen LogP contribution in [0.25, 0.3) is 0 Å². The Balaban J connectivity index is 2.38. The van der Waals surface area contributed by atoms with Gasteiger partial charge in [0.05, 0.1) is 5.97 Å². The summed E-state index contributed by atoms with van der Waals surface area (Å²) in [5, 5.41) is 10.8. The third kappa shape index (κ3) is 2.83. The number of rotatable bonds is 3. The Hall–Kier alpha value is -1.47. The standard InChI is InChI=1S/C13H16FNO4S/c1-9-4-6-15(7-5-9)20(18,19)12-8-10(13(16)17)2-3-11(12)14/h2-3,8-9H,4-7H2,1H3,(H,16,17)/p-1. The SMILES string of the molecule is CC1CCN(S(=O)(=O)c2cc(C(=O)[O-])ccc2F)CC1. The molecule has 0 saturated carbocycles. The monoisotopic (exact) mass is 300 g/mol. The molecule has 1 fully saturated rings. The van der Waals surface area contributed by atoms with Crippen molar-refractivity contribution < 1.29 is 22.7 Å². The van der Waals surface area contributed by atoms with E-state index in [1.165, 1.54) is 4.31 Å². The summed E-state index contributed by atoms with van der Waals surface area (Å²) in [6.07, 6.45) is 1.42. The third-order valence-electron chi connectivity index (χ3n) is 3.53. The minimum Gasteiger partial charge on any atom is -0.545 e. The number of carboxylic acids is 1. The molecule has 0 amide bonds. The maximum absolute atomic E-state index is 13.7. The largest absolute Gasteiger partial charge is 0.545 e. The molecule has 0 atom stereocenters. The van der Waals surface area contributed by atoms with E-state index in [4.69, 9.17) is 0 Å². The highest BCUT2D eigenvalue weighted by Gasteiger charge is 2.30. The number of nitrogens with zero attached hydrogens (tertiary/aromatic N) is 1. The molecule has 110 valence electrons. The predicted octanol–water partition coefficient (Wildman–Crippen LogP) is 0.610. The van der Waals surface area contributed by atoms with Crippen molar-refractivity contribution in [3.63, 3.8) is 0 Å². The van der Waals surface area contributed by atoms with Gasteiger partial charge >= 0.3 is 0 Å². The van der Waals surface area contributed by atoms with E-state index in [-0.39, 0.29) is 5.56 Å². The fraction of sp³-hybridized carbons (Fsp3) is 0.462. The maximum Gasteiger partial charge on any atom is 0.246 e. The normalized spacial score (nSPS) is 18.1. The van der Waals surface area contributed by atoms with Crippen LogP contribution >= 0.6 is 0 Å². The fourth-order valence-electron chi connectivity index (χ4n) is 2.19. The highest BCUT2D eigenvalue weighted by Crippen LogP contribution is 2.25. The first-order valence-electron chi connectivity index (χ1n) is 6.33. The van der Waals surface area contributed by atoms with Crippen LogP contribution in [-0.2, 0) is 10.0 Å². The number of piperidine rings is 1. The number of hydrogen-bond acceptors (Lipinski definition) is 4. The summed E-state index contributed by atoms with van der Waals surface area (Å²) in [6.45, 7) is 2.66. The van der Waals surface area contributed by atoms with Crippen LogP contribution in [0.4, 0.5) is 4.39 Å². The number of carboxylic acid groups (broad SMARTS) is 1. The Morgan fingerprint density at radius 1 is 1.35 bits per heavy atom. The Labute approximate surface area is 117 Å². The average Bonchev–Trinajstić information content (AvgIpc) is 2.39. The zero-order chi connectivity index (χ0) is 14.9. The number of sulfonamides is 1. The molecule has 0 N–H and O–H groups in total. The molecule has 0 unspecified atom stereocenters. The van der Waals surface area contributed by atoms with Crippen LogP contribution in [0.5, 0.6) is 0 Å². The smallest absolute Gasteiger partial charge is 0.246 e. The minimum absolute atomic E-state index is 0.318. The number of carbonyl (C=O) groups is 1. The molecule has 1 heterocycles. The highest BCUT2D eigenvalue weighted by atomic mass is 32.2. The van der Waals surface area contributed by atoms with E-state index in [1.807, 2.05) is 6.92 Å². The molecule has 0 bridgehead atoms. The lowest BCUT2D eigenvalue weighted by atomic mass is 10.0. The number of benzene rings is 1. The van der Waals surface area contributed by atoms with Gasteiger partial charge in [-0.05, 0) is 36.5 Å². The second kappa shape index (κ2) is 5.49. The van der Waals surface area contributed by atoms with Crippen LogP contribution in [0.15, 0.2) is 23.1 Å². The second-order valence-electron chi connectivity index (χ2n) is 5.02. The molecule has 7 heteroatoms. The fourth-order valence-corrected chi connectivity index (χ4v) is 3.75. The number of aromatic carboxylic acids is 1. The van der Waals surface area contributed by atoms with Crippen LogP contribution < -0.4 is 5.11 Å². The molecule has 1 aromatic rings. The summed E-state index contributed by atoms with van der Waals surface area (Å²) in [6, 6.07) is 2.64.